The van der Waals surface area contributed by atoms with Crippen LogP contribution < -0.4 is 0 Å². The first kappa shape index (κ1) is 12.2. The number of aliphatic hydroxyl groups excluding tert-OH is 1. The molecule has 15 heavy (non-hydrogen) atoms. The van der Waals surface area contributed by atoms with Crippen LogP contribution in [-0.4, -0.2) is 10.9 Å². The normalized spacial score (nSPS) is 11.7. The average Bonchev–Trinajstić information content (AvgIpc) is 2.25. The van der Waals surface area contributed by atoms with E-state index in [1.165, 1.54) is 4.90 Å². The van der Waals surface area contributed by atoms with Crippen LogP contribution in [0.3, 0.4) is 0 Å². The first-order valence-electron chi connectivity index (χ1n) is 5.04. The van der Waals surface area contributed by atoms with Crippen LogP contribution in [0.2, 0.25) is 0 Å². The Morgan fingerprint density at radius 2 is 2.27 bits per heavy atom. The van der Waals surface area contributed by atoms with Crippen LogP contribution in [0.4, 0.5) is 0 Å². The van der Waals surface area contributed by atoms with Crippen molar-refractivity contribution in [2.75, 3.05) is 5.75 Å². The third-order valence-electron chi connectivity index (χ3n) is 2.01. The zero-order chi connectivity index (χ0) is 11.1. The Morgan fingerprint density at radius 1 is 1.47 bits per heavy atom. The van der Waals surface area contributed by atoms with E-state index in [1.54, 1.807) is 18.7 Å². The van der Waals surface area contributed by atoms with Gasteiger partial charge in [0.05, 0.1) is 6.10 Å². The van der Waals surface area contributed by atoms with E-state index >= 15 is 0 Å². The molecule has 0 bridgehead atoms. The van der Waals surface area contributed by atoms with E-state index in [4.69, 9.17) is 0 Å². The highest BCUT2D eigenvalue weighted by Gasteiger charge is 2.01. The smallest absolute Gasteiger partial charge is 0.0762 e. The lowest BCUT2D eigenvalue weighted by Gasteiger charge is -2.06. The molecule has 1 N–H and O–H groups in total. The lowest BCUT2D eigenvalue weighted by atomic mass is 10.1. The fourth-order valence-electron chi connectivity index (χ4n) is 1.21. The molecule has 0 fully saturated rings. The second-order valence-corrected chi connectivity index (χ2v) is 4.44. The monoisotopic (exact) mass is 220 g/mol. The fraction of sp³-hybridized carbons (Fsp3) is 0.385. The molecule has 0 heterocycles. The Kier molecular flexibility index (Phi) is 5.31. The second kappa shape index (κ2) is 6.55. The summed E-state index contributed by atoms with van der Waals surface area (Å²) in [4.78, 5) is 1.20. The first-order chi connectivity index (χ1) is 7.24. The Balaban J connectivity index is 2.53. The topological polar surface area (TPSA) is 20.2 Å². The van der Waals surface area contributed by atoms with Crippen molar-refractivity contribution < 1.29 is 5.11 Å². The Labute approximate surface area is 95.9 Å². The number of aliphatic hydroxyl groups is 1. The van der Waals surface area contributed by atoms with Gasteiger partial charge in [-0.25, -0.2) is 0 Å². The maximum atomic E-state index is 9.43. The van der Waals surface area contributed by atoms with Crippen LogP contribution in [0.1, 0.15) is 31.9 Å². The van der Waals surface area contributed by atoms with Gasteiger partial charge in [-0.2, -0.15) is 0 Å². The largest absolute Gasteiger partial charge is 0.389 e. The van der Waals surface area contributed by atoms with E-state index in [9.17, 15) is 5.11 Å². The maximum Gasteiger partial charge on any atom is 0.0762 e. The summed E-state index contributed by atoms with van der Waals surface area (Å²) >= 11 is 1.78. The van der Waals surface area contributed by atoms with Crippen LogP contribution in [0.25, 0.3) is 0 Å². The van der Waals surface area contributed by atoms with Crippen molar-refractivity contribution in [3.05, 3.63) is 29.8 Å². The minimum Gasteiger partial charge on any atom is -0.389 e. The molecule has 1 aromatic rings. The molecular formula is C13H16OS. The zero-order valence-corrected chi connectivity index (χ0v) is 9.97. The zero-order valence-electron chi connectivity index (χ0n) is 9.16. The quantitative estimate of drug-likeness (QED) is 0.477. The standard InChI is InChI=1S/C13H16OS/c1-3-4-5-9-15-13-8-6-7-12(10-13)11(2)14/h6-8,10-11,14H,5,9H2,1-2H3. The van der Waals surface area contributed by atoms with Crippen LogP contribution in [0.15, 0.2) is 29.2 Å². The van der Waals surface area contributed by atoms with Gasteiger partial charge in [0.25, 0.3) is 0 Å². The highest BCUT2D eigenvalue weighted by molar-refractivity contribution is 7.99. The molecule has 0 aliphatic rings. The number of hydrogen-bond acceptors (Lipinski definition) is 2. The van der Waals surface area contributed by atoms with Gasteiger partial charge >= 0.3 is 0 Å². The summed E-state index contributed by atoms with van der Waals surface area (Å²) in [5.41, 5.74) is 0.974. The Hall–Kier alpha value is -0.910. The number of thioether (sulfide) groups is 1. The van der Waals surface area contributed by atoms with Gasteiger partial charge in [0.1, 0.15) is 0 Å². The average molecular weight is 220 g/mol. The van der Waals surface area contributed by atoms with Crippen molar-refractivity contribution >= 4 is 11.8 Å². The van der Waals surface area contributed by atoms with Gasteiger partial charge in [-0.05, 0) is 31.5 Å². The number of rotatable bonds is 4. The molecule has 0 aromatic heterocycles. The summed E-state index contributed by atoms with van der Waals surface area (Å²) in [6.45, 7) is 3.64. The third kappa shape index (κ3) is 4.42. The molecule has 0 amide bonds. The van der Waals surface area contributed by atoms with Crippen LogP contribution in [0, 0.1) is 11.8 Å². The highest BCUT2D eigenvalue weighted by Crippen LogP contribution is 2.22. The maximum absolute atomic E-state index is 9.43. The van der Waals surface area contributed by atoms with Crippen molar-refractivity contribution in [2.45, 2.75) is 31.3 Å². The molecule has 80 valence electrons. The van der Waals surface area contributed by atoms with Crippen molar-refractivity contribution in [1.82, 2.24) is 0 Å². The minimum absolute atomic E-state index is 0.388. The van der Waals surface area contributed by atoms with E-state index in [1.807, 2.05) is 25.1 Å². The molecule has 0 saturated carbocycles. The minimum atomic E-state index is -0.388. The summed E-state index contributed by atoms with van der Waals surface area (Å²) in [6, 6.07) is 8.03. The van der Waals surface area contributed by atoms with E-state index < -0.39 is 0 Å². The highest BCUT2D eigenvalue weighted by atomic mass is 32.2. The molecule has 1 nitrogen and oxygen atoms in total. The van der Waals surface area contributed by atoms with E-state index in [0.29, 0.717) is 0 Å². The van der Waals surface area contributed by atoms with Crippen LogP contribution in [0.5, 0.6) is 0 Å². The SMILES string of the molecule is CC#CCCSc1cccc(C(C)O)c1. The fourth-order valence-corrected chi connectivity index (χ4v) is 2.04. The summed E-state index contributed by atoms with van der Waals surface area (Å²) < 4.78 is 0. The molecule has 0 radical (unpaired) electrons. The number of benzene rings is 1. The predicted octanol–water partition coefficient (Wildman–Crippen LogP) is 3.25. The summed E-state index contributed by atoms with van der Waals surface area (Å²) in [5.74, 6) is 6.92. The van der Waals surface area contributed by atoms with E-state index in [-0.39, 0.29) is 6.10 Å². The first-order valence-corrected chi connectivity index (χ1v) is 6.03. The van der Waals surface area contributed by atoms with Crippen molar-refractivity contribution in [2.24, 2.45) is 0 Å². The molecule has 0 aliphatic carbocycles. The molecular weight excluding hydrogens is 204 g/mol. The van der Waals surface area contributed by atoms with Gasteiger partial charge in [0, 0.05) is 17.1 Å². The van der Waals surface area contributed by atoms with Crippen LogP contribution in [-0.2, 0) is 0 Å². The molecule has 1 atom stereocenters. The van der Waals surface area contributed by atoms with Gasteiger partial charge in [-0.1, -0.05) is 12.1 Å². The van der Waals surface area contributed by atoms with Gasteiger partial charge in [-0.3, -0.25) is 0 Å². The van der Waals surface area contributed by atoms with Crippen molar-refractivity contribution in [1.29, 1.82) is 0 Å². The van der Waals surface area contributed by atoms with Crippen LogP contribution >= 0.6 is 11.8 Å². The summed E-state index contributed by atoms with van der Waals surface area (Å²) in [7, 11) is 0. The molecule has 0 aliphatic heterocycles. The molecule has 1 unspecified atom stereocenters. The van der Waals surface area contributed by atoms with Gasteiger partial charge in [0.15, 0.2) is 0 Å². The van der Waals surface area contributed by atoms with Gasteiger partial charge in [0.2, 0.25) is 0 Å². The molecule has 2 heteroatoms. The van der Waals surface area contributed by atoms with E-state index in [0.717, 1.165) is 17.7 Å². The second-order valence-electron chi connectivity index (χ2n) is 3.27. The van der Waals surface area contributed by atoms with Crippen molar-refractivity contribution in [3.63, 3.8) is 0 Å². The molecule has 0 spiro atoms. The Bertz CT molecular complexity index is 360. The predicted molar refractivity (Wildman–Crippen MR) is 65.9 cm³/mol. The lowest BCUT2D eigenvalue weighted by molar-refractivity contribution is 0.199. The number of hydrogen-bond donors (Lipinski definition) is 1. The molecule has 1 rings (SSSR count). The summed E-state index contributed by atoms with van der Waals surface area (Å²) in [5, 5.41) is 9.43. The summed E-state index contributed by atoms with van der Waals surface area (Å²) in [6.07, 6.45) is 0.529. The lowest BCUT2D eigenvalue weighted by Crippen LogP contribution is -1.90. The van der Waals surface area contributed by atoms with Gasteiger partial charge < -0.3 is 5.11 Å². The van der Waals surface area contributed by atoms with Gasteiger partial charge in [-0.15, -0.1) is 23.6 Å². The molecule has 1 aromatic carbocycles. The Morgan fingerprint density at radius 3 is 2.93 bits per heavy atom. The third-order valence-corrected chi connectivity index (χ3v) is 3.01. The van der Waals surface area contributed by atoms with E-state index in [2.05, 4.69) is 17.9 Å². The molecule has 0 saturated heterocycles. The van der Waals surface area contributed by atoms with Crippen molar-refractivity contribution in [3.8, 4) is 11.8 Å².